The molecular formula is C61H74BN3S. The predicted octanol–water partition coefficient (Wildman–Crippen LogP) is 15.5. The minimum Gasteiger partial charge on any atom is -0.311 e. The molecule has 4 aliphatic rings. The van der Waals surface area contributed by atoms with Gasteiger partial charge in [0.2, 0.25) is 0 Å². The maximum atomic E-state index is 5.88. The fourth-order valence-corrected chi connectivity index (χ4v) is 12.9. The number of thiazole rings is 1. The summed E-state index contributed by atoms with van der Waals surface area (Å²) >= 11 is 1.86. The smallest absolute Gasteiger partial charge is 0.276 e. The molecule has 0 saturated heterocycles. The third-order valence-electron chi connectivity index (χ3n) is 16.5. The Labute approximate surface area is 402 Å². The first-order valence-electron chi connectivity index (χ1n) is 24.9. The Morgan fingerprint density at radius 3 is 1.58 bits per heavy atom. The highest BCUT2D eigenvalue weighted by molar-refractivity contribution is 7.22. The number of hydrogen-bond donors (Lipinski definition) is 0. The molecule has 342 valence electrons. The van der Waals surface area contributed by atoms with Crippen molar-refractivity contribution in [1.29, 1.82) is 0 Å². The van der Waals surface area contributed by atoms with Crippen LogP contribution >= 0.6 is 11.3 Å². The van der Waals surface area contributed by atoms with Crippen molar-refractivity contribution in [2.24, 2.45) is 0 Å². The number of anilines is 6. The summed E-state index contributed by atoms with van der Waals surface area (Å²) in [6, 6.07) is 36.5. The molecule has 1 aromatic heterocycles. The van der Waals surface area contributed by atoms with Crippen LogP contribution in [0, 0.1) is 0 Å². The van der Waals surface area contributed by atoms with Crippen molar-refractivity contribution in [3.63, 3.8) is 0 Å². The number of rotatable bonds is 3. The molecule has 0 atom stereocenters. The first kappa shape index (κ1) is 45.2. The Kier molecular flexibility index (Phi) is 9.90. The molecule has 0 N–H and O–H groups in total. The summed E-state index contributed by atoms with van der Waals surface area (Å²) in [5.74, 6) is 0. The Morgan fingerprint density at radius 2 is 1.00 bits per heavy atom. The van der Waals surface area contributed by atoms with Gasteiger partial charge in [0.25, 0.3) is 6.71 Å². The summed E-state index contributed by atoms with van der Waals surface area (Å²) in [7, 11) is 0. The van der Waals surface area contributed by atoms with Crippen molar-refractivity contribution in [3.8, 4) is 10.6 Å². The Bertz CT molecular complexity index is 2940. The summed E-state index contributed by atoms with van der Waals surface area (Å²) in [4.78, 5) is 11.2. The lowest BCUT2D eigenvalue weighted by Crippen LogP contribution is -2.62. The second-order valence-corrected chi connectivity index (χ2v) is 27.3. The van der Waals surface area contributed by atoms with Crippen LogP contribution in [0.15, 0.2) is 91.0 Å². The van der Waals surface area contributed by atoms with Crippen LogP contribution in [0.3, 0.4) is 0 Å². The van der Waals surface area contributed by atoms with Crippen LogP contribution in [-0.4, -0.2) is 11.7 Å². The van der Waals surface area contributed by atoms with E-state index in [4.69, 9.17) is 4.98 Å². The van der Waals surface area contributed by atoms with Crippen molar-refractivity contribution >= 4 is 68.0 Å². The van der Waals surface area contributed by atoms with Crippen LogP contribution in [0.5, 0.6) is 0 Å². The van der Waals surface area contributed by atoms with E-state index in [-0.39, 0.29) is 44.6 Å². The van der Waals surface area contributed by atoms with Crippen molar-refractivity contribution in [1.82, 2.24) is 4.98 Å². The molecule has 3 nitrogen and oxygen atoms in total. The zero-order valence-corrected chi connectivity index (χ0v) is 44.1. The van der Waals surface area contributed by atoms with Gasteiger partial charge in [0.15, 0.2) is 0 Å². The van der Waals surface area contributed by atoms with Crippen LogP contribution < -0.4 is 26.3 Å². The predicted molar refractivity (Wildman–Crippen MR) is 288 cm³/mol. The molecule has 0 unspecified atom stereocenters. The number of benzene rings is 5. The topological polar surface area (TPSA) is 19.4 Å². The van der Waals surface area contributed by atoms with Gasteiger partial charge in [-0.25, -0.2) is 4.98 Å². The molecule has 2 aliphatic heterocycles. The van der Waals surface area contributed by atoms with E-state index in [1.54, 1.807) is 0 Å². The first-order valence-corrected chi connectivity index (χ1v) is 25.7. The molecule has 0 amide bonds. The standard InChI is InChI=1S/C61H74BN3S/c1-55(2,3)38-23-21-37(22-24-38)53-63-52-54(66-53)65(41-20-18-19-39(31-41)56(4,5)6)50-33-40(57(7,8)9)32-49-51(50)62(52)47-35-45-46(61(16,17)30-29-60(45,14)15)36-48(47)64(49)42-25-26-43-44(34-42)59(12,13)28-27-58(43,10)11/h18-26,31-36H,27-30H2,1-17H3. The maximum Gasteiger partial charge on any atom is 0.276 e. The minimum absolute atomic E-state index is 0.0122. The molecule has 10 rings (SSSR count). The van der Waals surface area contributed by atoms with Gasteiger partial charge in [0.05, 0.1) is 5.59 Å². The summed E-state index contributed by atoms with van der Waals surface area (Å²) in [5.41, 5.74) is 21.6. The van der Waals surface area contributed by atoms with Crippen LogP contribution in [-0.2, 0) is 37.9 Å². The average molecular weight is 892 g/mol. The van der Waals surface area contributed by atoms with Crippen molar-refractivity contribution in [3.05, 3.63) is 130 Å². The second-order valence-electron chi connectivity index (χ2n) is 26.3. The number of nitrogens with zero attached hydrogens (tertiary/aromatic N) is 3. The molecule has 66 heavy (non-hydrogen) atoms. The van der Waals surface area contributed by atoms with E-state index in [1.165, 1.54) is 115 Å². The van der Waals surface area contributed by atoms with Gasteiger partial charge >= 0.3 is 0 Å². The Balaban J connectivity index is 1.33. The first-order chi connectivity index (χ1) is 30.6. The highest BCUT2D eigenvalue weighted by Gasteiger charge is 2.49. The largest absolute Gasteiger partial charge is 0.311 e. The number of fused-ring (bicyclic) bond motifs is 6. The summed E-state index contributed by atoms with van der Waals surface area (Å²) < 4.78 is 0. The normalized spacial score (nSPS) is 18.8. The maximum absolute atomic E-state index is 5.88. The van der Waals surface area contributed by atoms with E-state index in [0.29, 0.717) is 0 Å². The lowest BCUT2D eigenvalue weighted by molar-refractivity contribution is 0.332. The highest BCUT2D eigenvalue weighted by Crippen LogP contribution is 2.54. The molecule has 2 aliphatic carbocycles. The van der Waals surface area contributed by atoms with E-state index in [1.807, 2.05) is 11.3 Å². The molecule has 5 heteroatoms. The SMILES string of the molecule is CC(C)(C)c1ccc(-c2nc3c(s2)N(c2cccc(C(C)(C)C)c2)c2cc(C(C)(C)C)cc4c2B3c2cc3c(cc2N4c2ccc4c(c2)C(C)(C)CCC4(C)C)C(C)(C)CCC3(C)C)cc1. The van der Waals surface area contributed by atoms with Crippen molar-refractivity contribution in [2.45, 2.75) is 181 Å². The van der Waals surface area contributed by atoms with Gasteiger partial charge in [-0.05, 0) is 156 Å². The van der Waals surface area contributed by atoms with Gasteiger partial charge in [-0.1, -0.05) is 178 Å². The molecule has 0 bridgehead atoms. The lowest BCUT2D eigenvalue weighted by atomic mass is 9.35. The van der Waals surface area contributed by atoms with Crippen molar-refractivity contribution in [2.75, 3.05) is 9.80 Å². The van der Waals surface area contributed by atoms with Gasteiger partial charge in [-0.3, -0.25) is 0 Å². The molecule has 0 fully saturated rings. The monoisotopic (exact) mass is 892 g/mol. The van der Waals surface area contributed by atoms with Crippen LogP contribution in [0.25, 0.3) is 10.6 Å². The zero-order chi connectivity index (χ0) is 47.5. The molecule has 3 heterocycles. The van der Waals surface area contributed by atoms with E-state index < -0.39 is 0 Å². The third-order valence-corrected chi connectivity index (χ3v) is 17.6. The van der Waals surface area contributed by atoms with E-state index >= 15 is 0 Å². The van der Waals surface area contributed by atoms with Crippen LogP contribution in [0.2, 0.25) is 0 Å². The average Bonchev–Trinajstić information content (AvgIpc) is 3.68. The molecule has 0 saturated carbocycles. The highest BCUT2D eigenvalue weighted by atomic mass is 32.1. The summed E-state index contributed by atoms with van der Waals surface area (Å²) in [6.07, 6.45) is 4.71. The Hall–Kier alpha value is -4.61. The molecule has 0 radical (unpaired) electrons. The lowest BCUT2D eigenvalue weighted by Gasteiger charge is -2.47. The fraction of sp³-hybridized carbons (Fsp3) is 0.459. The van der Waals surface area contributed by atoms with Crippen LogP contribution in [0.1, 0.15) is 182 Å². The van der Waals surface area contributed by atoms with Gasteiger partial charge < -0.3 is 9.80 Å². The van der Waals surface area contributed by atoms with Gasteiger partial charge in [-0.2, -0.15) is 0 Å². The molecule has 5 aromatic carbocycles. The van der Waals surface area contributed by atoms with Gasteiger partial charge in [-0.15, -0.1) is 0 Å². The molecule has 0 spiro atoms. The van der Waals surface area contributed by atoms with E-state index in [9.17, 15) is 0 Å². The number of hydrogen-bond acceptors (Lipinski definition) is 4. The summed E-state index contributed by atoms with van der Waals surface area (Å²) in [6.45, 7) is 40.7. The zero-order valence-electron chi connectivity index (χ0n) is 43.3. The number of aromatic nitrogens is 1. The van der Waals surface area contributed by atoms with Gasteiger partial charge in [0, 0.05) is 34.0 Å². The Morgan fingerprint density at radius 1 is 0.485 bits per heavy atom. The summed E-state index contributed by atoms with van der Waals surface area (Å²) in [5, 5.41) is 2.30. The minimum atomic E-state index is -0.108. The van der Waals surface area contributed by atoms with E-state index in [2.05, 4.69) is 218 Å². The molecule has 6 aromatic rings. The third kappa shape index (κ3) is 7.14. The second kappa shape index (κ2) is 14.5. The van der Waals surface area contributed by atoms with Crippen molar-refractivity contribution < 1.29 is 0 Å². The van der Waals surface area contributed by atoms with Crippen LogP contribution in [0.4, 0.5) is 33.4 Å². The van der Waals surface area contributed by atoms with E-state index in [0.717, 1.165) is 10.6 Å². The molecular weight excluding hydrogens is 818 g/mol. The quantitative estimate of drug-likeness (QED) is 0.165. The fourth-order valence-electron chi connectivity index (χ4n) is 11.7. The van der Waals surface area contributed by atoms with Gasteiger partial charge in [0.1, 0.15) is 10.0 Å².